The molecule has 2 aliphatic heterocycles. The maximum Gasteiger partial charge on any atom is 0.331 e. The van der Waals surface area contributed by atoms with Gasteiger partial charge in [-0.15, -0.1) is 0 Å². The zero-order valence-corrected chi connectivity index (χ0v) is 17.7. The molecule has 31 heavy (non-hydrogen) atoms. The first-order valence-electron chi connectivity index (χ1n) is 10.8. The van der Waals surface area contributed by atoms with E-state index in [0.29, 0.717) is 18.2 Å². The standard InChI is InChI=1S/C25H29NO5/c1-30-24-11-8-18(14-23(24)28)22-16-21(15-19-4-2-3-13-26(19)22)31-25(29)12-7-17-5-9-20(27)10-6-17/h5-12,14,19,21-22,27-28H,2-4,13,15-16H2,1H3/t19-,21-,22+/m0/s1. The second-order valence-corrected chi connectivity index (χ2v) is 8.29. The largest absolute Gasteiger partial charge is 0.508 e. The van der Waals surface area contributed by atoms with Gasteiger partial charge in [-0.05, 0) is 60.9 Å². The first-order valence-corrected chi connectivity index (χ1v) is 10.8. The van der Waals surface area contributed by atoms with Crippen LogP contribution in [0.25, 0.3) is 6.08 Å². The number of hydrogen-bond acceptors (Lipinski definition) is 6. The monoisotopic (exact) mass is 423 g/mol. The lowest BCUT2D eigenvalue weighted by Gasteiger charge is -2.47. The molecule has 2 aromatic carbocycles. The van der Waals surface area contributed by atoms with Crippen LogP contribution in [0.4, 0.5) is 0 Å². The molecule has 0 bridgehead atoms. The van der Waals surface area contributed by atoms with E-state index in [1.165, 1.54) is 19.6 Å². The average molecular weight is 424 g/mol. The number of rotatable bonds is 5. The minimum absolute atomic E-state index is 0.0923. The summed E-state index contributed by atoms with van der Waals surface area (Å²) in [6.07, 6.45) is 7.92. The number of carbonyl (C=O) groups excluding carboxylic acids is 1. The molecule has 2 heterocycles. The summed E-state index contributed by atoms with van der Waals surface area (Å²) in [4.78, 5) is 15.0. The van der Waals surface area contributed by atoms with Crippen molar-refractivity contribution in [3.63, 3.8) is 0 Å². The number of hydrogen-bond donors (Lipinski definition) is 2. The maximum absolute atomic E-state index is 12.5. The van der Waals surface area contributed by atoms with Crippen molar-refractivity contribution < 1.29 is 24.5 Å². The van der Waals surface area contributed by atoms with E-state index in [4.69, 9.17) is 9.47 Å². The molecule has 2 N–H and O–H groups in total. The van der Waals surface area contributed by atoms with Crippen LogP contribution < -0.4 is 4.74 Å². The van der Waals surface area contributed by atoms with Gasteiger partial charge >= 0.3 is 5.97 Å². The van der Waals surface area contributed by atoms with Gasteiger partial charge in [0.05, 0.1) is 7.11 Å². The predicted molar refractivity (Wildman–Crippen MR) is 118 cm³/mol. The molecule has 0 aromatic heterocycles. The van der Waals surface area contributed by atoms with E-state index in [1.807, 2.05) is 6.07 Å². The summed E-state index contributed by atoms with van der Waals surface area (Å²) in [5.74, 6) is 0.412. The Kier molecular flexibility index (Phi) is 6.47. The molecule has 2 aromatic rings. The van der Waals surface area contributed by atoms with E-state index in [-0.39, 0.29) is 29.6 Å². The van der Waals surface area contributed by atoms with Gasteiger partial charge in [-0.3, -0.25) is 4.90 Å². The van der Waals surface area contributed by atoms with E-state index in [9.17, 15) is 15.0 Å². The SMILES string of the molecule is COc1ccc([C@H]2C[C@@H](OC(=O)C=Cc3ccc(O)cc3)C[C@@H]3CCCCN32)cc1O. The van der Waals surface area contributed by atoms with Crippen LogP contribution in [-0.4, -0.2) is 46.9 Å². The van der Waals surface area contributed by atoms with Crippen molar-refractivity contribution in [2.24, 2.45) is 0 Å². The molecule has 2 aliphatic rings. The summed E-state index contributed by atoms with van der Waals surface area (Å²) in [7, 11) is 1.54. The fourth-order valence-electron chi connectivity index (χ4n) is 4.76. The molecule has 4 rings (SSSR count). The molecule has 2 fully saturated rings. The van der Waals surface area contributed by atoms with Crippen LogP contribution in [0.3, 0.4) is 0 Å². The Morgan fingerprint density at radius 1 is 1.10 bits per heavy atom. The smallest absolute Gasteiger partial charge is 0.331 e. The highest BCUT2D eigenvalue weighted by Gasteiger charge is 2.39. The third-order valence-electron chi connectivity index (χ3n) is 6.27. The van der Waals surface area contributed by atoms with Crippen molar-refractivity contribution in [1.82, 2.24) is 4.90 Å². The van der Waals surface area contributed by atoms with Crippen LogP contribution in [0.5, 0.6) is 17.2 Å². The number of carbonyl (C=O) groups is 1. The molecule has 0 amide bonds. The molecule has 0 saturated carbocycles. The first-order chi connectivity index (χ1) is 15.0. The molecular weight excluding hydrogens is 394 g/mol. The molecule has 0 radical (unpaired) electrons. The topological polar surface area (TPSA) is 79.2 Å². The normalized spacial score (nSPS) is 24.0. The number of nitrogens with zero attached hydrogens (tertiary/aromatic N) is 1. The van der Waals surface area contributed by atoms with Crippen LogP contribution in [0.15, 0.2) is 48.5 Å². The third-order valence-corrected chi connectivity index (χ3v) is 6.27. The van der Waals surface area contributed by atoms with Crippen LogP contribution in [0.1, 0.15) is 49.3 Å². The number of benzene rings is 2. The van der Waals surface area contributed by atoms with Crippen LogP contribution in [0, 0.1) is 0 Å². The first kappa shape index (κ1) is 21.2. The number of esters is 1. The van der Waals surface area contributed by atoms with Gasteiger partial charge in [0.1, 0.15) is 11.9 Å². The second kappa shape index (κ2) is 9.43. The Labute approximate surface area is 182 Å². The Hall–Kier alpha value is -2.99. The number of phenols is 2. The van der Waals surface area contributed by atoms with Gasteiger partial charge in [0.15, 0.2) is 11.5 Å². The van der Waals surface area contributed by atoms with Crippen molar-refractivity contribution in [2.45, 2.75) is 50.3 Å². The minimum Gasteiger partial charge on any atom is -0.508 e. The average Bonchev–Trinajstić information content (AvgIpc) is 2.78. The van der Waals surface area contributed by atoms with Crippen molar-refractivity contribution >= 4 is 12.0 Å². The molecule has 6 heteroatoms. The van der Waals surface area contributed by atoms with E-state index < -0.39 is 0 Å². The Balaban J connectivity index is 1.47. The third kappa shape index (κ3) is 5.02. The van der Waals surface area contributed by atoms with E-state index in [2.05, 4.69) is 4.90 Å². The number of ether oxygens (including phenoxy) is 2. The lowest BCUT2D eigenvalue weighted by Crippen LogP contribution is -2.49. The molecular formula is C25H29NO5. The summed E-state index contributed by atoms with van der Waals surface area (Å²) < 4.78 is 11.0. The molecule has 6 nitrogen and oxygen atoms in total. The minimum atomic E-state index is -0.362. The van der Waals surface area contributed by atoms with Gasteiger partial charge < -0.3 is 19.7 Å². The van der Waals surface area contributed by atoms with E-state index in [0.717, 1.165) is 36.9 Å². The summed E-state index contributed by atoms with van der Waals surface area (Å²) in [6, 6.07) is 12.7. The lowest BCUT2D eigenvalue weighted by molar-refractivity contribution is -0.148. The second-order valence-electron chi connectivity index (χ2n) is 8.29. The zero-order valence-electron chi connectivity index (χ0n) is 17.7. The maximum atomic E-state index is 12.5. The van der Waals surface area contributed by atoms with Crippen LogP contribution in [0.2, 0.25) is 0 Å². The highest BCUT2D eigenvalue weighted by Crippen LogP contribution is 2.41. The van der Waals surface area contributed by atoms with Crippen molar-refractivity contribution in [3.05, 3.63) is 59.7 Å². The summed E-state index contributed by atoms with van der Waals surface area (Å²) in [6.45, 7) is 1.02. The Bertz CT molecular complexity index is 939. The number of aromatic hydroxyl groups is 2. The summed E-state index contributed by atoms with van der Waals surface area (Å²) in [5, 5.41) is 19.6. The number of methoxy groups -OCH3 is 1. The van der Waals surface area contributed by atoms with Crippen molar-refractivity contribution in [3.8, 4) is 17.2 Å². The van der Waals surface area contributed by atoms with Gasteiger partial charge in [0, 0.05) is 31.0 Å². The van der Waals surface area contributed by atoms with Crippen LogP contribution in [-0.2, 0) is 9.53 Å². The fourth-order valence-corrected chi connectivity index (χ4v) is 4.76. The highest BCUT2D eigenvalue weighted by molar-refractivity contribution is 5.87. The summed E-state index contributed by atoms with van der Waals surface area (Å²) in [5.41, 5.74) is 1.84. The fraction of sp³-hybridized carbons (Fsp3) is 0.400. The zero-order chi connectivity index (χ0) is 21.8. The quantitative estimate of drug-likeness (QED) is 0.547. The molecule has 3 atom stereocenters. The highest BCUT2D eigenvalue weighted by atomic mass is 16.5. The Morgan fingerprint density at radius 2 is 1.90 bits per heavy atom. The molecule has 0 aliphatic carbocycles. The summed E-state index contributed by atoms with van der Waals surface area (Å²) >= 11 is 0. The van der Waals surface area contributed by atoms with Gasteiger partial charge in [-0.2, -0.15) is 0 Å². The van der Waals surface area contributed by atoms with Crippen molar-refractivity contribution in [1.29, 1.82) is 0 Å². The van der Waals surface area contributed by atoms with Crippen molar-refractivity contribution in [2.75, 3.05) is 13.7 Å². The lowest BCUT2D eigenvalue weighted by atomic mass is 9.84. The molecule has 164 valence electrons. The molecule has 2 saturated heterocycles. The number of piperidine rings is 2. The Morgan fingerprint density at radius 3 is 2.65 bits per heavy atom. The number of phenolic OH excluding ortho intramolecular Hbond substituents is 2. The van der Waals surface area contributed by atoms with E-state index >= 15 is 0 Å². The van der Waals surface area contributed by atoms with Gasteiger partial charge in [-0.1, -0.05) is 24.6 Å². The molecule has 0 spiro atoms. The molecule has 0 unspecified atom stereocenters. The van der Waals surface area contributed by atoms with Gasteiger partial charge in [0.25, 0.3) is 0 Å². The van der Waals surface area contributed by atoms with E-state index in [1.54, 1.807) is 42.5 Å². The van der Waals surface area contributed by atoms with Crippen LogP contribution >= 0.6 is 0 Å². The predicted octanol–water partition coefficient (Wildman–Crippen LogP) is 4.42. The number of fused-ring (bicyclic) bond motifs is 1. The van der Waals surface area contributed by atoms with Gasteiger partial charge in [0.2, 0.25) is 0 Å². The van der Waals surface area contributed by atoms with Gasteiger partial charge in [-0.25, -0.2) is 4.79 Å².